The fraction of sp³-hybridized carbons (Fsp3) is 0.200. The minimum Gasteiger partial charge on any atom is -0.496 e. The van der Waals surface area contributed by atoms with Crippen LogP contribution in [-0.4, -0.2) is 12.2 Å². The zero-order chi connectivity index (χ0) is 14.0. The van der Waals surface area contributed by atoms with Crippen molar-refractivity contribution in [3.63, 3.8) is 0 Å². The molecule has 0 spiro atoms. The molecular weight excluding hydrogens is 311 g/mol. The molecule has 1 atom stereocenters. The van der Waals surface area contributed by atoms with E-state index in [1.165, 1.54) is 13.2 Å². The van der Waals surface area contributed by atoms with E-state index in [9.17, 15) is 9.50 Å². The monoisotopic (exact) mass is 324 g/mol. The summed E-state index contributed by atoms with van der Waals surface area (Å²) < 4.78 is 19.8. The Morgan fingerprint density at radius 3 is 2.58 bits per heavy atom. The predicted molar refractivity (Wildman–Crippen MR) is 75.9 cm³/mol. The molecule has 0 aliphatic heterocycles. The van der Waals surface area contributed by atoms with Gasteiger partial charge in [-0.25, -0.2) is 4.39 Å². The lowest BCUT2D eigenvalue weighted by Gasteiger charge is -2.16. The third kappa shape index (κ3) is 2.96. The molecule has 2 rings (SSSR count). The first-order valence-electron chi connectivity index (χ1n) is 5.80. The maximum absolute atomic E-state index is 13.8. The van der Waals surface area contributed by atoms with E-state index < -0.39 is 11.9 Å². The molecular formula is C15H14BrFO2. The Kier molecular flexibility index (Phi) is 4.22. The van der Waals surface area contributed by atoms with Crippen molar-refractivity contribution in [2.45, 2.75) is 13.0 Å². The van der Waals surface area contributed by atoms with Crippen LogP contribution >= 0.6 is 15.9 Å². The fourth-order valence-corrected chi connectivity index (χ4v) is 2.34. The number of ether oxygens (including phenoxy) is 1. The third-order valence-corrected chi connectivity index (χ3v) is 3.43. The van der Waals surface area contributed by atoms with E-state index in [1.54, 1.807) is 24.3 Å². The van der Waals surface area contributed by atoms with Crippen LogP contribution in [0.5, 0.6) is 5.75 Å². The van der Waals surface area contributed by atoms with Gasteiger partial charge in [0.2, 0.25) is 0 Å². The van der Waals surface area contributed by atoms with Crippen molar-refractivity contribution in [2.24, 2.45) is 0 Å². The Hall–Kier alpha value is -1.39. The molecule has 0 heterocycles. The number of halogens is 2. The lowest BCUT2D eigenvalue weighted by atomic mass is 9.98. The first kappa shape index (κ1) is 14.0. The number of hydrogen-bond acceptors (Lipinski definition) is 2. The van der Waals surface area contributed by atoms with Crippen LogP contribution in [0.25, 0.3) is 0 Å². The van der Waals surface area contributed by atoms with E-state index in [-0.39, 0.29) is 5.56 Å². The van der Waals surface area contributed by atoms with Gasteiger partial charge in [0.1, 0.15) is 17.7 Å². The second-order valence-corrected chi connectivity index (χ2v) is 5.23. The smallest absolute Gasteiger partial charge is 0.129 e. The molecule has 0 saturated heterocycles. The summed E-state index contributed by atoms with van der Waals surface area (Å²) in [6.45, 7) is 1.85. The van der Waals surface area contributed by atoms with Crippen LogP contribution in [0.2, 0.25) is 0 Å². The molecule has 0 amide bonds. The summed E-state index contributed by atoms with van der Waals surface area (Å²) in [6, 6.07) is 9.94. The van der Waals surface area contributed by atoms with E-state index in [0.717, 1.165) is 10.0 Å². The Morgan fingerprint density at radius 2 is 1.89 bits per heavy atom. The fourth-order valence-electron chi connectivity index (χ4n) is 1.96. The number of benzene rings is 2. The van der Waals surface area contributed by atoms with Crippen LogP contribution in [-0.2, 0) is 0 Å². The molecule has 0 aromatic heterocycles. The first-order chi connectivity index (χ1) is 9.02. The Morgan fingerprint density at radius 1 is 1.16 bits per heavy atom. The van der Waals surface area contributed by atoms with Gasteiger partial charge in [-0.15, -0.1) is 0 Å². The molecule has 0 saturated carbocycles. The Bertz CT molecular complexity index is 599. The predicted octanol–water partition coefficient (Wildman–Crippen LogP) is 3.99. The number of methoxy groups -OCH3 is 1. The van der Waals surface area contributed by atoms with Crippen LogP contribution in [0.3, 0.4) is 0 Å². The largest absolute Gasteiger partial charge is 0.496 e. The molecule has 4 heteroatoms. The summed E-state index contributed by atoms with van der Waals surface area (Å²) in [4.78, 5) is 0. The zero-order valence-electron chi connectivity index (χ0n) is 10.7. The van der Waals surface area contributed by atoms with Gasteiger partial charge in [0.15, 0.2) is 0 Å². The van der Waals surface area contributed by atoms with Crippen molar-refractivity contribution in [2.75, 3.05) is 7.11 Å². The molecule has 100 valence electrons. The molecule has 0 aliphatic rings. The van der Waals surface area contributed by atoms with Crippen LogP contribution in [0.15, 0.2) is 40.9 Å². The summed E-state index contributed by atoms with van der Waals surface area (Å²) in [5.74, 6) is 0.0942. The number of hydrogen-bond donors (Lipinski definition) is 1. The molecule has 19 heavy (non-hydrogen) atoms. The molecule has 0 aliphatic carbocycles. The highest BCUT2D eigenvalue weighted by Gasteiger charge is 2.19. The summed E-state index contributed by atoms with van der Waals surface area (Å²) in [6.07, 6.45) is -1.06. The minimum absolute atomic E-state index is 0.247. The average Bonchev–Trinajstić information content (AvgIpc) is 2.40. The summed E-state index contributed by atoms with van der Waals surface area (Å²) in [7, 11) is 1.52. The lowest BCUT2D eigenvalue weighted by Crippen LogP contribution is -2.05. The molecule has 0 bridgehead atoms. The number of aryl methyl sites for hydroxylation is 1. The van der Waals surface area contributed by atoms with Crippen molar-refractivity contribution >= 4 is 15.9 Å². The quantitative estimate of drug-likeness (QED) is 0.925. The second-order valence-electron chi connectivity index (χ2n) is 4.31. The molecule has 2 nitrogen and oxygen atoms in total. The average molecular weight is 325 g/mol. The van der Waals surface area contributed by atoms with Gasteiger partial charge < -0.3 is 9.84 Å². The highest BCUT2D eigenvalue weighted by molar-refractivity contribution is 9.10. The standard InChI is InChI=1S/C15H14BrFO2/c1-9-3-5-13(17)11(7-9)15(18)12-8-10(16)4-6-14(12)19-2/h3-8,15,18H,1-2H3. The van der Waals surface area contributed by atoms with Crippen LogP contribution in [0.4, 0.5) is 4.39 Å². The van der Waals surface area contributed by atoms with Gasteiger partial charge in [0.25, 0.3) is 0 Å². The van der Waals surface area contributed by atoms with Crippen LogP contribution in [0.1, 0.15) is 22.8 Å². The topological polar surface area (TPSA) is 29.5 Å². The highest BCUT2D eigenvalue weighted by atomic mass is 79.9. The minimum atomic E-state index is -1.06. The molecule has 2 aromatic rings. The van der Waals surface area contributed by atoms with E-state index >= 15 is 0 Å². The SMILES string of the molecule is COc1ccc(Br)cc1C(O)c1cc(C)ccc1F. The van der Waals surface area contributed by atoms with Gasteiger partial charge in [-0.05, 0) is 31.2 Å². The summed E-state index contributed by atoms with van der Waals surface area (Å²) >= 11 is 3.34. The number of aliphatic hydroxyl groups is 1. The molecule has 1 N–H and O–H groups in total. The molecule has 2 aromatic carbocycles. The van der Waals surface area contributed by atoms with Crippen molar-refractivity contribution in [3.8, 4) is 5.75 Å². The highest BCUT2D eigenvalue weighted by Crippen LogP contribution is 2.33. The van der Waals surface area contributed by atoms with Gasteiger partial charge >= 0.3 is 0 Å². The second kappa shape index (κ2) is 5.72. The number of aliphatic hydroxyl groups excluding tert-OH is 1. The number of rotatable bonds is 3. The maximum atomic E-state index is 13.8. The van der Waals surface area contributed by atoms with Crippen molar-refractivity contribution in [1.29, 1.82) is 0 Å². The van der Waals surface area contributed by atoms with Gasteiger partial charge in [-0.1, -0.05) is 33.6 Å². The van der Waals surface area contributed by atoms with Crippen LogP contribution in [0, 0.1) is 12.7 Å². The molecule has 0 fully saturated rings. The van der Waals surface area contributed by atoms with Crippen molar-refractivity contribution < 1.29 is 14.2 Å². The first-order valence-corrected chi connectivity index (χ1v) is 6.59. The van der Waals surface area contributed by atoms with Gasteiger partial charge in [-0.2, -0.15) is 0 Å². The Balaban J connectivity index is 2.51. The van der Waals surface area contributed by atoms with E-state index in [0.29, 0.717) is 11.3 Å². The lowest BCUT2D eigenvalue weighted by molar-refractivity contribution is 0.209. The molecule has 1 unspecified atom stereocenters. The van der Waals surface area contributed by atoms with Crippen LogP contribution < -0.4 is 4.74 Å². The van der Waals surface area contributed by atoms with Crippen molar-refractivity contribution in [1.82, 2.24) is 0 Å². The summed E-state index contributed by atoms with van der Waals surface area (Å²) in [5.41, 5.74) is 1.67. The van der Waals surface area contributed by atoms with Gasteiger partial charge in [0.05, 0.1) is 7.11 Å². The van der Waals surface area contributed by atoms with E-state index in [4.69, 9.17) is 4.74 Å². The maximum Gasteiger partial charge on any atom is 0.129 e. The van der Waals surface area contributed by atoms with E-state index in [2.05, 4.69) is 15.9 Å². The normalized spacial score (nSPS) is 12.3. The third-order valence-electron chi connectivity index (χ3n) is 2.93. The molecule has 0 radical (unpaired) electrons. The van der Waals surface area contributed by atoms with Gasteiger partial charge in [0, 0.05) is 15.6 Å². The van der Waals surface area contributed by atoms with Gasteiger partial charge in [-0.3, -0.25) is 0 Å². The zero-order valence-corrected chi connectivity index (χ0v) is 12.2. The Labute approximate surface area is 120 Å². The van der Waals surface area contributed by atoms with Crippen molar-refractivity contribution in [3.05, 3.63) is 63.4 Å². The van der Waals surface area contributed by atoms with E-state index in [1.807, 2.05) is 13.0 Å². The summed E-state index contributed by atoms with van der Waals surface area (Å²) in [5, 5.41) is 10.4.